The summed E-state index contributed by atoms with van der Waals surface area (Å²) in [5, 5.41) is 3.75. The summed E-state index contributed by atoms with van der Waals surface area (Å²) in [7, 11) is 0. The first-order valence-corrected chi connectivity index (χ1v) is 8.34. The van der Waals surface area contributed by atoms with Crippen molar-refractivity contribution in [1.82, 2.24) is 5.32 Å². The Morgan fingerprint density at radius 1 is 1.10 bits per heavy atom. The highest BCUT2D eigenvalue weighted by atomic mass is 15.0. The van der Waals surface area contributed by atoms with E-state index in [2.05, 4.69) is 78.0 Å². The van der Waals surface area contributed by atoms with Crippen LogP contribution in [-0.4, -0.2) is 12.1 Å². The van der Waals surface area contributed by atoms with Crippen molar-refractivity contribution in [3.63, 3.8) is 0 Å². The molecular weight excluding hydrogens is 254 g/mol. The van der Waals surface area contributed by atoms with Gasteiger partial charge in [-0.3, -0.25) is 0 Å². The van der Waals surface area contributed by atoms with Gasteiger partial charge in [-0.05, 0) is 57.4 Å². The molecule has 1 fully saturated rings. The van der Waals surface area contributed by atoms with E-state index in [1.54, 1.807) is 0 Å². The van der Waals surface area contributed by atoms with Crippen LogP contribution in [0.25, 0.3) is 0 Å². The summed E-state index contributed by atoms with van der Waals surface area (Å²) in [6, 6.07) is 9.14. The molecule has 0 aromatic heterocycles. The van der Waals surface area contributed by atoms with Gasteiger partial charge in [0.1, 0.15) is 0 Å². The summed E-state index contributed by atoms with van der Waals surface area (Å²) < 4.78 is 0. The normalized spacial score (nSPS) is 26.5. The molecule has 1 aliphatic carbocycles. The summed E-state index contributed by atoms with van der Waals surface area (Å²) in [6.07, 6.45) is 2.62. The van der Waals surface area contributed by atoms with E-state index < -0.39 is 0 Å². The van der Waals surface area contributed by atoms with E-state index in [-0.39, 0.29) is 5.54 Å². The molecule has 2 rings (SSSR count). The Labute approximate surface area is 131 Å². The van der Waals surface area contributed by atoms with Crippen molar-refractivity contribution in [2.24, 2.45) is 11.3 Å². The van der Waals surface area contributed by atoms with Gasteiger partial charge in [0.25, 0.3) is 0 Å². The maximum absolute atomic E-state index is 3.75. The van der Waals surface area contributed by atoms with E-state index in [1.165, 1.54) is 24.0 Å². The van der Waals surface area contributed by atoms with E-state index in [4.69, 9.17) is 0 Å². The fourth-order valence-electron chi connectivity index (χ4n) is 3.39. The largest absolute Gasteiger partial charge is 0.311 e. The zero-order valence-corrected chi connectivity index (χ0v) is 15.0. The van der Waals surface area contributed by atoms with Crippen LogP contribution in [0, 0.1) is 18.3 Å². The van der Waals surface area contributed by atoms with Crippen LogP contribution in [0.2, 0.25) is 0 Å². The number of nitrogens with one attached hydrogen (secondary N) is 1. The van der Waals surface area contributed by atoms with Crippen LogP contribution in [0.1, 0.15) is 65.5 Å². The third-order valence-corrected chi connectivity index (χ3v) is 5.09. The minimum absolute atomic E-state index is 0.184. The van der Waals surface area contributed by atoms with Gasteiger partial charge in [0, 0.05) is 17.5 Å². The zero-order valence-electron chi connectivity index (χ0n) is 15.0. The van der Waals surface area contributed by atoms with Crippen molar-refractivity contribution < 1.29 is 0 Å². The fourth-order valence-corrected chi connectivity index (χ4v) is 3.39. The van der Waals surface area contributed by atoms with Crippen molar-refractivity contribution in [3.05, 3.63) is 35.4 Å². The number of hydrogen-bond donors (Lipinski definition) is 1. The fraction of sp³-hybridized carbons (Fsp3) is 0.700. The van der Waals surface area contributed by atoms with Crippen LogP contribution < -0.4 is 5.32 Å². The summed E-state index contributed by atoms with van der Waals surface area (Å²) >= 11 is 0. The van der Waals surface area contributed by atoms with Gasteiger partial charge in [-0.1, -0.05) is 50.6 Å². The average molecular weight is 287 g/mol. The van der Waals surface area contributed by atoms with Gasteiger partial charge < -0.3 is 5.32 Å². The van der Waals surface area contributed by atoms with Crippen LogP contribution in [0.3, 0.4) is 0 Å². The first-order chi connectivity index (χ1) is 9.52. The number of hydrogen-bond acceptors (Lipinski definition) is 1. The molecule has 1 nitrogen and oxygen atoms in total. The lowest BCUT2D eigenvalue weighted by atomic mass is 9.52. The van der Waals surface area contributed by atoms with E-state index in [1.807, 2.05) is 0 Å². The molecule has 0 bridgehead atoms. The molecule has 1 aliphatic rings. The second kappa shape index (κ2) is 5.43. The summed E-state index contributed by atoms with van der Waals surface area (Å²) in [5.74, 6) is 0.833. The lowest BCUT2D eigenvalue weighted by molar-refractivity contribution is 0.0410. The molecule has 1 aromatic rings. The number of rotatable bonds is 3. The standard InChI is InChI=1S/C20H33N/c1-15-9-8-10-16(11-15)20(14-21-19(5,6)7)12-17(13-20)18(2,3)4/h8-11,17,21H,12-14H2,1-7H3. The van der Waals surface area contributed by atoms with E-state index in [0.717, 1.165) is 12.5 Å². The van der Waals surface area contributed by atoms with Gasteiger partial charge >= 0.3 is 0 Å². The van der Waals surface area contributed by atoms with Gasteiger partial charge in [-0.2, -0.15) is 0 Å². The molecule has 0 unspecified atom stereocenters. The molecule has 0 radical (unpaired) electrons. The molecule has 0 saturated heterocycles. The molecule has 118 valence electrons. The van der Waals surface area contributed by atoms with Crippen LogP contribution in [0.5, 0.6) is 0 Å². The minimum Gasteiger partial charge on any atom is -0.311 e. The highest BCUT2D eigenvalue weighted by molar-refractivity contribution is 5.33. The monoisotopic (exact) mass is 287 g/mol. The molecule has 0 atom stereocenters. The van der Waals surface area contributed by atoms with Crippen molar-refractivity contribution in [2.45, 2.75) is 72.3 Å². The molecular formula is C20H33N. The highest BCUT2D eigenvalue weighted by Crippen LogP contribution is 2.54. The third-order valence-electron chi connectivity index (χ3n) is 5.09. The maximum atomic E-state index is 3.75. The molecule has 1 aromatic carbocycles. The molecule has 1 N–H and O–H groups in total. The SMILES string of the molecule is Cc1cccc(C2(CNC(C)(C)C)CC(C(C)(C)C)C2)c1. The van der Waals surface area contributed by atoms with Crippen molar-refractivity contribution in [2.75, 3.05) is 6.54 Å². The summed E-state index contributed by atoms with van der Waals surface area (Å²) in [5.41, 5.74) is 3.84. The Morgan fingerprint density at radius 2 is 1.71 bits per heavy atom. The molecule has 1 saturated carbocycles. The molecule has 21 heavy (non-hydrogen) atoms. The third kappa shape index (κ3) is 3.88. The van der Waals surface area contributed by atoms with Gasteiger partial charge in [0.15, 0.2) is 0 Å². The molecule has 0 spiro atoms. The number of benzene rings is 1. The average Bonchev–Trinajstić information content (AvgIpc) is 2.24. The van der Waals surface area contributed by atoms with E-state index in [9.17, 15) is 0 Å². The van der Waals surface area contributed by atoms with Crippen molar-refractivity contribution >= 4 is 0 Å². The predicted molar refractivity (Wildman–Crippen MR) is 92.8 cm³/mol. The van der Waals surface area contributed by atoms with Crippen LogP contribution >= 0.6 is 0 Å². The summed E-state index contributed by atoms with van der Waals surface area (Å²) in [4.78, 5) is 0. The Hall–Kier alpha value is -0.820. The second-order valence-electron chi connectivity index (χ2n) is 9.22. The summed E-state index contributed by atoms with van der Waals surface area (Å²) in [6.45, 7) is 17.2. The van der Waals surface area contributed by atoms with Gasteiger partial charge in [-0.25, -0.2) is 0 Å². The second-order valence-corrected chi connectivity index (χ2v) is 9.22. The molecule has 0 aliphatic heterocycles. The van der Waals surface area contributed by atoms with Crippen LogP contribution in [0.4, 0.5) is 0 Å². The Bertz CT molecular complexity index is 476. The minimum atomic E-state index is 0.184. The predicted octanol–water partition coefficient (Wildman–Crippen LogP) is 5.08. The van der Waals surface area contributed by atoms with E-state index >= 15 is 0 Å². The molecule has 0 heterocycles. The molecule has 1 heteroatoms. The first-order valence-electron chi connectivity index (χ1n) is 8.34. The Kier molecular flexibility index (Phi) is 4.28. The number of aryl methyl sites for hydroxylation is 1. The maximum Gasteiger partial charge on any atom is 0.00968 e. The first kappa shape index (κ1) is 16.5. The van der Waals surface area contributed by atoms with Gasteiger partial charge in [-0.15, -0.1) is 0 Å². The zero-order chi connectivity index (χ0) is 15.9. The Morgan fingerprint density at radius 3 is 2.19 bits per heavy atom. The smallest absolute Gasteiger partial charge is 0.00968 e. The van der Waals surface area contributed by atoms with Crippen LogP contribution in [0.15, 0.2) is 24.3 Å². The lowest BCUT2D eigenvalue weighted by Crippen LogP contribution is -2.54. The lowest BCUT2D eigenvalue weighted by Gasteiger charge is -2.54. The van der Waals surface area contributed by atoms with E-state index in [0.29, 0.717) is 10.8 Å². The molecule has 0 amide bonds. The van der Waals surface area contributed by atoms with Crippen molar-refractivity contribution in [1.29, 1.82) is 0 Å². The van der Waals surface area contributed by atoms with Crippen LogP contribution in [-0.2, 0) is 5.41 Å². The highest BCUT2D eigenvalue weighted by Gasteiger charge is 2.49. The van der Waals surface area contributed by atoms with Crippen molar-refractivity contribution in [3.8, 4) is 0 Å². The Balaban J connectivity index is 2.21. The topological polar surface area (TPSA) is 12.0 Å². The van der Waals surface area contributed by atoms with Gasteiger partial charge in [0.2, 0.25) is 0 Å². The van der Waals surface area contributed by atoms with Gasteiger partial charge in [0.05, 0.1) is 0 Å². The quantitative estimate of drug-likeness (QED) is 0.817.